The van der Waals surface area contributed by atoms with Gasteiger partial charge in [0, 0.05) is 32.4 Å². The van der Waals surface area contributed by atoms with Crippen LogP contribution in [0.4, 0.5) is 0 Å². The fraction of sp³-hybridized carbons (Fsp3) is 0.296. The summed E-state index contributed by atoms with van der Waals surface area (Å²) in [7, 11) is 0. The van der Waals surface area contributed by atoms with Gasteiger partial charge in [0.25, 0.3) is 0 Å². The highest BCUT2D eigenvalue weighted by atomic mass is 79.9. The Morgan fingerprint density at radius 3 is 2.25 bits per heavy atom. The van der Waals surface area contributed by atoms with Crippen molar-refractivity contribution in [3.05, 3.63) is 104 Å². The Morgan fingerprint density at radius 2 is 1.59 bits per heavy atom. The molecule has 0 amide bonds. The number of benzene rings is 3. The highest BCUT2D eigenvalue weighted by molar-refractivity contribution is 9.10. The summed E-state index contributed by atoms with van der Waals surface area (Å²) in [6.45, 7) is 1.48. The molecular weight excluding hydrogens is 530 g/mol. The largest absolute Gasteiger partial charge is 0.388 e. The van der Waals surface area contributed by atoms with Crippen molar-refractivity contribution < 1.29 is 9.90 Å². The zero-order valence-corrected chi connectivity index (χ0v) is 21.0. The summed E-state index contributed by atoms with van der Waals surface area (Å²) in [5.41, 5.74) is 2.47. The van der Waals surface area contributed by atoms with Crippen molar-refractivity contribution in [2.45, 2.75) is 30.8 Å². The van der Waals surface area contributed by atoms with E-state index in [-0.39, 0.29) is 17.1 Å². The Morgan fingerprint density at radius 1 is 0.969 bits per heavy atom. The van der Waals surface area contributed by atoms with Gasteiger partial charge in [-0.25, -0.2) is 0 Å². The van der Waals surface area contributed by atoms with Crippen LogP contribution in [-0.2, 0) is 5.41 Å². The molecular formula is C27H27Br2NO2. The Hall–Kier alpha value is -1.79. The van der Waals surface area contributed by atoms with Gasteiger partial charge in [0.15, 0.2) is 5.78 Å². The van der Waals surface area contributed by atoms with Gasteiger partial charge in [-0.2, -0.15) is 0 Å². The van der Waals surface area contributed by atoms with E-state index in [1.807, 2.05) is 66.7 Å². The maximum absolute atomic E-state index is 13.8. The predicted octanol–water partition coefficient (Wildman–Crippen LogP) is 6.46. The van der Waals surface area contributed by atoms with E-state index in [1.54, 1.807) is 0 Å². The molecule has 1 aliphatic heterocycles. The van der Waals surface area contributed by atoms with Crippen molar-refractivity contribution in [1.29, 1.82) is 0 Å². The first kappa shape index (κ1) is 23.4. The Balaban J connectivity index is 1.69. The van der Waals surface area contributed by atoms with Gasteiger partial charge in [0.2, 0.25) is 0 Å². The molecule has 1 saturated heterocycles. The lowest BCUT2D eigenvalue weighted by atomic mass is 9.61. The molecule has 1 aliphatic rings. The first-order valence-corrected chi connectivity index (χ1v) is 12.6. The van der Waals surface area contributed by atoms with Gasteiger partial charge in [-0.3, -0.25) is 4.79 Å². The summed E-state index contributed by atoms with van der Waals surface area (Å²) in [6, 6.07) is 25.8. The van der Waals surface area contributed by atoms with Gasteiger partial charge in [-0.05, 0) is 61.2 Å². The van der Waals surface area contributed by atoms with Crippen molar-refractivity contribution in [3.8, 4) is 0 Å². The number of halogens is 2. The number of rotatable bonds is 7. The monoisotopic (exact) mass is 555 g/mol. The van der Waals surface area contributed by atoms with E-state index in [4.69, 9.17) is 0 Å². The first-order valence-electron chi connectivity index (χ1n) is 11.0. The van der Waals surface area contributed by atoms with E-state index in [0.29, 0.717) is 13.0 Å². The molecule has 0 aromatic heterocycles. The summed E-state index contributed by atoms with van der Waals surface area (Å²) in [6.07, 6.45) is 1.63. The molecule has 3 aromatic rings. The number of ketones is 1. The van der Waals surface area contributed by atoms with Gasteiger partial charge < -0.3 is 10.4 Å². The maximum Gasteiger partial charge on any atom is 0.168 e. The molecule has 0 saturated carbocycles. The topological polar surface area (TPSA) is 49.3 Å². The zero-order chi connectivity index (χ0) is 22.6. The number of carbonyl (C=O) groups is 1. The fourth-order valence-corrected chi connectivity index (χ4v) is 5.42. The fourth-order valence-electron chi connectivity index (χ4n) is 4.89. The minimum atomic E-state index is -0.554. The Bertz CT molecular complexity index is 1040. The van der Waals surface area contributed by atoms with E-state index in [0.717, 1.165) is 45.0 Å². The summed E-state index contributed by atoms with van der Waals surface area (Å²) < 4.78 is 1.98. The number of aliphatic hydroxyl groups is 1. The second kappa shape index (κ2) is 10.4. The first-order chi connectivity index (χ1) is 15.5. The van der Waals surface area contributed by atoms with Crippen LogP contribution in [0.15, 0.2) is 87.8 Å². The van der Waals surface area contributed by atoms with Gasteiger partial charge in [-0.1, -0.05) is 86.5 Å². The van der Waals surface area contributed by atoms with Crippen LogP contribution in [0.2, 0.25) is 0 Å². The van der Waals surface area contributed by atoms with Crippen LogP contribution in [0.1, 0.15) is 46.9 Å². The second-order valence-electron chi connectivity index (χ2n) is 8.51. The molecule has 1 heterocycles. The third-order valence-corrected chi connectivity index (χ3v) is 7.73. The Kier molecular flexibility index (Phi) is 7.62. The molecule has 0 radical (unpaired) electrons. The molecule has 1 fully saturated rings. The molecule has 0 aliphatic carbocycles. The molecule has 0 spiro atoms. The third kappa shape index (κ3) is 5.07. The SMILES string of the molecule is O=C(c1ccc(Br)cc1)C1CNCCC1(CCC(O)c1ccccc1)c1ccc(Br)cc1. The summed E-state index contributed by atoms with van der Waals surface area (Å²) in [4.78, 5) is 13.8. The van der Waals surface area contributed by atoms with Crippen LogP contribution >= 0.6 is 31.9 Å². The normalized spacial score (nSPS) is 21.8. The van der Waals surface area contributed by atoms with Crippen LogP contribution in [0.25, 0.3) is 0 Å². The number of piperidine rings is 1. The molecule has 166 valence electrons. The van der Waals surface area contributed by atoms with Gasteiger partial charge in [-0.15, -0.1) is 0 Å². The molecule has 5 heteroatoms. The molecule has 3 unspecified atom stereocenters. The predicted molar refractivity (Wildman–Crippen MR) is 136 cm³/mol. The van der Waals surface area contributed by atoms with Crippen molar-refractivity contribution in [2.24, 2.45) is 5.92 Å². The third-order valence-electron chi connectivity index (χ3n) is 6.68. The number of carbonyl (C=O) groups excluding carboxylic acids is 1. The van der Waals surface area contributed by atoms with Crippen LogP contribution in [0, 0.1) is 5.92 Å². The smallest absolute Gasteiger partial charge is 0.168 e. The molecule has 0 bridgehead atoms. The van der Waals surface area contributed by atoms with E-state index in [1.165, 1.54) is 0 Å². The molecule has 3 nitrogen and oxygen atoms in total. The number of hydrogen-bond donors (Lipinski definition) is 2. The lowest BCUT2D eigenvalue weighted by Crippen LogP contribution is -2.51. The summed E-state index contributed by atoms with van der Waals surface area (Å²) in [5.74, 6) is -0.0524. The number of hydrogen-bond acceptors (Lipinski definition) is 3. The van der Waals surface area contributed by atoms with Gasteiger partial charge >= 0.3 is 0 Å². The van der Waals surface area contributed by atoms with Crippen LogP contribution < -0.4 is 5.32 Å². The lowest BCUT2D eigenvalue weighted by Gasteiger charge is -2.45. The number of aliphatic hydroxyl groups excluding tert-OH is 1. The second-order valence-corrected chi connectivity index (χ2v) is 10.3. The van der Waals surface area contributed by atoms with Crippen molar-refractivity contribution in [2.75, 3.05) is 13.1 Å². The quantitative estimate of drug-likeness (QED) is 0.328. The average molecular weight is 557 g/mol. The zero-order valence-electron chi connectivity index (χ0n) is 17.8. The average Bonchev–Trinajstić information content (AvgIpc) is 2.83. The van der Waals surface area contributed by atoms with Gasteiger partial charge in [0.05, 0.1) is 6.10 Å². The Labute approximate surface area is 206 Å². The lowest BCUT2D eigenvalue weighted by molar-refractivity contribution is 0.0737. The van der Waals surface area contributed by atoms with Crippen LogP contribution in [0.5, 0.6) is 0 Å². The van der Waals surface area contributed by atoms with Crippen molar-refractivity contribution in [1.82, 2.24) is 5.32 Å². The van der Waals surface area contributed by atoms with E-state index in [9.17, 15) is 9.90 Å². The highest BCUT2D eigenvalue weighted by Crippen LogP contribution is 2.45. The highest BCUT2D eigenvalue weighted by Gasteiger charge is 2.46. The number of Topliss-reactive ketones (excluding diaryl/α,β-unsaturated/α-hetero) is 1. The molecule has 2 N–H and O–H groups in total. The molecule has 3 atom stereocenters. The molecule has 32 heavy (non-hydrogen) atoms. The van der Waals surface area contributed by atoms with Crippen LogP contribution in [-0.4, -0.2) is 24.0 Å². The minimum Gasteiger partial charge on any atom is -0.388 e. The summed E-state index contributed by atoms with van der Waals surface area (Å²) >= 11 is 7.01. The standard InChI is InChI=1S/C27H27Br2NO2/c28-22-10-6-20(7-11-22)26(32)24-18-30-17-16-27(24,21-8-12-23(29)13-9-21)15-14-25(31)19-4-2-1-3-5-19/h1-13,24-25,30-31H,14-18H2. The van der Waals surface area contributed by atoms with Crippen molar-refractivity contribution >= 4 is 37.6 Å². The van der Waals surface area contributed by atoms with E-state index in [2.05, 4.69) is 49.3 Å². The summed E-state index contributed by atoms with van der Waals surface area (Å²) in [5, 5.41) is 14.4. The molecule has 3 aromatic carbocycles. The maximum atomic E-state index is 13.8. The van der Waals surface area contributed by atoms with E-state index >= 15 is 0 Å². The minimum absolute atomic E-state index is 0.154. The number of nitrogens with one attached hydrogen (secondary N) is 1. The van der Waals surface area contributed by atoms with Gasteiger partial charge in [0.1, 0.15) is 0 Å². The van der Waals surface area contributed by atoms with Crippen LogP contribution in [0.3, 0.4) is 0 Å². The van der Waals surface area contributed by atoms with Crippen molar-refractivity contribution in [3.63, 3.8) is 0 Å². The molecule has 4 rings (SSSR count). The van der Waals surface area contributed by atoms with E-state index < -0.39 is 6.10 Å².